The molecule has 2 atom stereocenters. The van der Waals surface area contributed by atoms with E-state index in [1.54, 1.807) is 0 Å². The van der Waals surface area contributed by atoms with Crippen molar-refractivity contribution in [1.29, 1.82) is 0 Å². The normalized spacial score (nSPS) is 22.9. The van der Waals surface area contributed by atoms with Crippen LogP contribution in [0.1, 0.15) is 65.0 Å². The van der Waals surface area contributed by atoms with Crippen LogP contribution in [0.2, 0.25) is 0 Å². The van der Waals surface area contributed by atoms with Gasteiger partial charge in [-0.1, -0.05) is 13.3 Å². The molecule has 0 amide bonds. The van der Waals surface area contributed by atoms with Crippen LogP contribution in [0.3, 0.4) is 0 Å². The molecule has 0 aromatic carbocycles. The molecule has 3 rings (SSSR count). The Morgan fingerprint density at radius 2 is 2.03 bits per heavy atom. The molecule has 2 unspecified atom stereocenters. The number of halogens is 1. The van der Waals surface area contributed by atoms with Gasteiger partial charge in [-0.3, -0.25) is 9.89 Å². The second-order valence-corrected chi connectivity index (χ2v) is 8.63. The first-order valence-corrected chi connectivity index (χ1v) is 11.3. The van der Waals surface area contributed by atoms with Gasteiger partial charge in [0.25, 0.3) is 0 Å². The molecular weight excluding hydrogens is 477 g/mol. The van der Waals surface area contributed by atoms with E-state index < -0.39 is 0 Å². The monoisotopic (exact) mass is 517 g/mol. The summed E-state index contributed by atoms with van der Waals surface area (Å²) in [6.45, 7) is 14.0. The van der Waals surface area contributed by atoms with Gasteiger partial charge in [0.15, 0.2) is 5.96 Å². The first-order chi connectivity index (χ1) is 13.6. The molecule has 1 aromatic rings. The molecule has 2 aliphatic heterocycles. The molecular formula is C21H40IN7. The highest BCUT2D eigenvalue weighted by atomic mass is 127. The predicted molar refractivity (Wildman–Crippen MR) is 130 cm³/mol. The maximum atomic E-state index is 4.83. The second-order valence-electron chi connectivity index (χ2n) is 8.63. The Bertz CT molecular complexity index is 643. The average molecular weight is 518 g/mol. The molecule has 0 aliphatic carbocycles. The quantitative estimate of drug-likeness (QED) is 0.252. The minimum atomic E-state index is 0. The van der Waals surface area contributed by atoms with E-state index in [0.717, 1.165) is 63.8 Å². The molecule has 3 heterocycles. The largest absolute Gasteiger partial charge is 0.357 e. The van der Waals surface area contributed by atoms with Crippen LogP contribution >= 0.6 is 24.0 Å². The van der Waals surface area contributed by atoms with E-state index in [9.17, 15) is 0 Å². The summed E-state index contributed by atoms with van der Waals surface area (Å²) < 4.78 is 2.35. The van der Waals surface area contributed by atoms with Gasteiger partial charge in [-0.25, -0.2) is 0 Å². The summed E-state index contributed by atoms with van der Waals surface area (Å²) >= 11 is 0. The van der Waals surface area contributed by atoms with Gasteiger partial charge in [0.1, 0.15) is 11.6 Å². The van der Waals surface area contributed by atoms with Crippen LogP contribution in [0.25, 0.3) is 0 Å². The van der Waals surface area contributed by atoms with Crippen LogP contribution in [-0.2, 0) is 19.4 Å². The molecule has 2 N–H and O–H groups in total. The Morgan fingerprint density at radius 3 is 2.76 bits per heavy atom. The third-order valence-electron chi connectivity index (χ3n) is 6.05. The zero-order chi connectivity index (χ0) is 19.9. The lowest BCUT2D eigenvalue weighted by Gasteiger charge is -2.22. The molecule has 1 aromatic heterocycles. The number of nitrogens with one attached hydrogen (secondary N) is 2. The molecule has 1 saturated heterocycles. The highest BCUT2D eigenvalue weighted by Crippen LogP contribution is 2.18. The van der Waals surface area contributed by atoms with Gasteiger partial charge in [-0.05, 0) is 46.0 Å². The molecule has 29 heavy (non-hydrogen) atoms. The lowest BCUT2D eigenvalue weighted by Crippen LogP contribution is -2.46. The van der Waals surface area contributed by atoms with Crippen molar-refractivity contribution in [1.82, 2.24) is 30.3 Å². The Kier molecular flexibility index (Phi) is 10.1. The van der Waals surface area contributed by atoms with Crippen molar-refractivity contribution in [2.24, 2.45) is 10.9 Å². The standard InChI is InChI=1S/C21H39N7.HI/c1-5-22-21(24-18-15-27(16(2)3)14-17(18)4)23-12-9-11-20-26-25-19-10-7-6-8-13-28(19)20;/h16-18H,5-15H2,1-4H3,(H2,22,23,24);1H. The van der Waals surface area contributed by atoms with Crippen molar-refractivity contribution < 1.29 is 0 Å². The summed E-state index contributed by atoms with van der Waals surface area (Å²) in [4.78, 5) is 7.37. The van der Waals surface area contributed by atoms with Gasteiger partial charge in [-0.15, -0.1) is 34.2 Å². The molecule has 0 bridgehead atoms. The maximum Gasteiger partial charge on any atom is 0.191 e. The summed E-state index contributed by atoms with van der Waals surface area (Å²) in [5.74, 6) is 3.90. The van der Waals surface area contributed by atoms with Gasteiger partial charge in [-0.2, -0.15) is 0 Å². The minimum Gasteiger partial charge on any atom is -0.357 e. The van der Waals surface area contributed by atoms with Crippen molar-refractivity contribution in [2.75, 3.05) is 26.2 Å². The average Bonchev–Trinajstić information content (AvgIpc) is 3.13. The fraction of sp³-hybridized carbons (Fsp3) is 0.857. The van der Waals surface area contributed by atoms with E-state index in [4.69, 9.17) is 4.99 Å². The van der Waals surface area contributed by atoms with Crippen molar-refractivity contribution in [3.8, 4) is 0 Å². The van der Waals surface area contributed by atoms with Gasteiger partial charge < -0.3 is 15.2 Å². The zero-order valence-electron chi connectivity index (χ0n) is 18.7. The van der Waals surface area contributed by atoms with Gasteiger partial charge >= 0.3 is 0 Å². The van der Waals surface area contributed by atoms with E-state index in [1.165, 1.54) is 25.1 Å². The third kappa shape index (κ3) is 6.80. The first-order valence-electron chi connectivity index (χ1n) is 11.3. The molecule has 0 spiro atoms. The Labute approximate surface area is 193 Å². The van der Waals surface area contributed by atoms with E-state index in [-0.39, 0.29) is 24.0 Å². The fourth-order valence-electron chi connectivity index (χ4n) is 4.27. The van der Waals surface area contributed by atoms with Gasteiger partial charge in [0.05, 0.1) is 0 Å². The van der Waals surface area contributed by atoms with E-state index in [2.05, 4.69) is 58.0 Å². The molecule has 8 heteroatoms. The highest BCUT2D eigenvalue weighted by molar-refractivity contribution is 14.0. The first kappa shape index (κ1) is 24.4. The molecule has 7 nitrogen and oxygen atoms in total. The Hall–Kier alpha value is -0.900. The predicted octanol–water partition coefficient (Wildman–Crippen LogP) is 2.84. The van der Waals surface area contributed by atoms with Crippen molar-refractivity contribution in [3.63, 3.8) is 0 Å². The number of aliphatic imine (C=N–C) groups is 1. The van der Waals surface area contributed by atoms with Crippen LogP contribution < -0.4 is 10.6 Å². The van der Waals surface area contributed by atoms with Gasteiger partial charge in [0, 0.05) is 57.6 Å². The number of fused-ring (bicyclic) bond motifs is 1. The fourth-order valence-corrected chi connectivity index (χ4v) is 4.27. The van der Waals surface area contributed by atoms with Gasteiger partial charge in [0.2, 0.25) is 0 Å². The summed E-state index contributed by atoms with van der Waals surface area (Å²) in [6.07, 6.45) is 6.83. The zero-order valence-corrected chi connectivity index (χ0v) is 21.0. The number of hydrogen-bond acceptors (Lipinski definition) is 4. The van der Waals surface area contributed by atoms with E-state index in [1.807, 2.05) is 0 Å². The number of likely N-dealkylation sites (tertiary alicyclic amines) is 1. The summed E-state index contributed by atoms with van der Waals surface area (Å²) in [7, 11) is 0. The van der Waals surface area contributed by atoms with E-state index in [0.29, 0.717) is 18.0 Å². The lowest BCUT2D eigenvalue weighted by atomic mass is 10.1. The second kappa shape index (κ2) is 12.1. The van der Waals surface area contributed by atoms with Crippen LogP contribution in [0.4, 0.5) is 0 Å². The lowest BCUT2D eigenvalue weighted by molar-refractivity contribution is 0.265. The summed E-state index contributed by atoms with van der Waals surface area (Å²) in [6, 6.07) is 1.07. The molecule has 0 saturated carbocycles. The maximum absolute atomic E-state index is 4.83. The van der Waals surface area contributed by atoms with Crippen LogP contribution in [0.15, 0.2) is 4.99 Å². The molecule has 2 aliphatic rings. The van der Waals surface area contributed by atoms with Crippen LogP contribution in [0.5, 0.6) is 0 Å². The highest BCUT2D eigenvalue weighted by Gasteiger charge is 2.31. The number of aryl methyl sites for hydroxylation is 2. The van der Waals surface area contributed by atoms with Crippen molar-refractivity contribution in [3.05, 3.63) is 11.6 Å². The van der Waals surface area contributed by atoms with Crippen molar-refractivity contribution >= 4 is 29.9 Å². The summed E-state index contributed by atoms with van der Waals surface area (Å²) in [5, 5.41) is 15.9. The Balaban J connectivity index is 0.00000300. The number of hydrogen-bond donors (Lipinski definition) is 2. The Morgan fingerprint density at radius 1 is 1.21 bits per heavy atom. The summed E-state index contributed by atoms with van der Waals surface area (Å²) in [5.41, 5.74) is 0. The third-order valence-corrected chi connectivity index (χ3v) is 6.05. The number of guanidine groups is 1. The number of aromatic nitrogens is 3. The minimum absolute atomic E-state index is 0. The van der Waals surface area contributed by atoms with Crippen molar-refractivity contribution in [2.45, 2.75) is 84.8 Å². The number of rotatable bonds is 7. The number of nitrogens with zero attached hydrogens (tertiary/aromatic N) is 5. The molecule has 0 radical (unpaired) electrons. The van der Waals surface area contributed by atoms with Crippen LogP contribution in [0, 0.1) is 5.92 Å². The topological polar surface area (TPSA) is 70.4 Å². The van der Waals surface area contributed by atoms with E-state index >= 15 is 0 Å². The SMILES string of the molecule is CCNC(=NCCCc1nnc2n1CCCCC2)NC1CN(C(C)C)CC1C.I. The molecule has 166 valence electrons. The molecule has 1 fully saturated rings. The van der Waals surface area contributed by atoms with Crippen LogP contribution in [-0.4, -0.2) is 63.9 Å². The smallest absolute Gasteiger partial charge is 0.191 e.